The second-order valence-electron chi connectivity index (χ2n) is 7.39. The smallest absolute Gasteiger partial charge is 0.288 e. The molecule has 10 heteroatoms. The van der Waals surface area contributed by atoms with Crippen LogP contribution in [0.5, 0.6) is 0 Å². The number of nitro benzene ring substituents is 1. The molecule has 1 fully saturated rings. The van der Waals surface area contributed by atoms with E-state index in [2.05, 4.69) is 37.2 Å². The van der Waals surface area contributed by atoms with E-state index >= 15 is 0 Å². The Morgan fingerprint density at radius 2 is 1.81 bits per heavy atom. The molecule has 0 bridgehead atoms. The van der Waals surface area contributed by atoms with Crippen molar-refractivity contribution in [2.75, 3.05) is 36.4 Å². The van der Waals surface area contributed by atoms with E-state index in [1.165, 1.54) is 24.0 Å². The lowest BCUT2D eigenvalue weighted by atomic mass is 10.2. The molecule has 3 aromatic rings. The molecule has 1 aliphatic heterocycles. The number of benzene rings is 2. The third-order valence-electron chi connectivity index (χ3n) is 5.24. The summed E-state index contributed by atoms with van der Waals surface area (Å²) in [5.74, 6) is 0.531. The van der Waals surface area contributed by atoms with Gasteiger partial charge >= 0.3 is 0 Å². The molecule has 1 aromatic heterocycles. The first kappa shape index (κ1) is 21.7. The number of carbonyl (C=O) groups is 1. The van der Waals surface area contributed by atoms with E-state index in [4.69, 9.17) is 11.6 Å². The van der Waals surface area contributed by atoms with Crippen LogP contribution in [-0.2, 0) is 6.54 Å². The Kier molecular flexibility index (Phi) is 6.58. The summed E-state index contributed by atoms with van der Waals surface area (Å²) in [5, 5.41) is 13.7. The normalized spacial score (nSPS) is 14.2. The zero-order valence-electron chi connectivity index (χ0n) is 17.1. The zero-order chi connectivity index (χ0) is 22.5. The Morgan fingerprint density at radius 1 is 1.06 bits per heavy atom. The number of carbonyl (C=O) groups excluding carboxylic acids is 1. The number of hydrogen-bond donors (Lipinski definition) is 1. The summed E-state index contributed by atoms with van der Waals surface area (Å²) in [5.41, 5.74) is 1.09. The highest BCUT2D eigenvalue weighted by Gasteiger charge is 2.20. The fourth-order valence-electron chi connectivity index (χ4n) is 3.55. The Bertz CT molecular complexity index is 1120. The first-order valence-corrected chi connectivity index (χ1v) is 10.5. The number of halogens is 1. The number of hydrogen-bond acceptors (Lipinski definition) is 7. The summed E-state index contributed by atoms with van der Waals surface area (Å²) in [7, 11) is 0. The Labute approximate surface area is 189 Å². The molecule has 0 unspecified atom stereocenters. The lowest BCUT2D eigenvalue weighted by Crippen LogP contribution is -2.46. The largest absolute Gasteiger partial charge is 0.354 e. The molecule has 0 spiro atoms. The minimum Gasteiger partial charge on any atom is -0.354 e. The van der Waals surface area contributed by atoms with Gasteiger partial charge < -0.3 is 10.2 Å². The van der Waals surface area contributed by atoms with Gasteiger partial charge in [0.25, 0.3) is 11.6 Å². The number of nitrogens with one attached hydrogen (secondary N) is 1. The summed E-state index contributed by atoms with van der Waals surface area (Å²) in [6.45, 7) is 4.32. The quantitative estimate of drug-likeness (QED) is 0.450. The molecule has 1 aliphatic rings. The molecule has 32 heavy (non-hydrogen) atoms. The van der Waals surface area contributed by atoms with Gasteiger partial charge in [-0.2, -0.15) is 0 Å². The molecule has 1 N–H and O–H groups in total. The first-order valence-electron chi connectivity index (χ1n) is 10.1. The first-order chi connectivity index (χ1) is 15.5. The van der Waals surface area contributed by atoms with E-state index in [0.717, 1.165) is 44.6 Å². The van der Waals surface area contributed by atoms with Crippen molar-refractivity contribution in [3.63, 3.8) is 0 Å². The summed E-state index contributed by atoms with van der Waals surface area (Å²) >= 11 is 5.82. The van der Waals surface area contributed by atoms with Gasteiger partial charge in [-0.05, 0) is 17.7 Å². The average molecular weight is 453 g/mol. The van der Waals surface area contributed by atoms with Gasteiger partial charge in [0.05, 0.1) is 4.92 Å². The van der Waals surface area contributed by atoms with E-state index in [1.807, 2.05) is 18.2 Å². The van der Waals surface area contributed by atoms with Crippen molar-refractivity contribution in [2.45, 2.75) is 6.54 Å². The van der Waals surface area contributed by atoms with E-state index < -0.39 is 10.8 Å². The summed E-state index contributed by atoms with van der Waals surface area (Å²) in [6.07, 6.45) is 1.39. The summed E-state index contributed by atoms with van der Waals surface area (Å²) in [6, 6.07) is 16.0. The number of anilines is 2. The van der Waals surface area contributed by atoms with Crippen molar-refractivity contribution in [3.05, 3.63) is 87.2 Å². The molecule has 0 radical (unpaired) electrons. The Hall–Kier alpha value is -3.56. The van der Waals surface area contributed by atoms with E-state index in [0.29, 0.717) is 5.82 Å². The Balaban J connectivity index is 1.38. The van der Waals surface area contributed by atoms with Gasteiger partial charge in [-0.1, -0.05) is 41.9 Å². The molecular weight excluding hydrogens is 432 g/mol. The minimum absolute atomic E-state index is 0.0257. The van der Waals surface area contributed by atoms with Gasteiger partial charge in [0.1, 0.15) is 23.0 Å². The van der Waals surface area contributed by atoms with Gasteiger partial charge in [0, 0.05) is 50.4 Å². The fraction of sp³-hybridized carbons (Fsp3) is 0.227. The third-order valence-corrected chi connectivity index (χ3v) is 5.56. The topological polar surface area (TPSA) is 104 Å². The average Bonchev–Trinajstić information content (AvgIpc) is 2.80. The molecular formula is C22H21ClN6O3. The Morgan fingerprint density at radius 3 is 2.53 bits per heavy atom. The molecule has 9 nitrogen and oxygen atoms in total. The molecule has 2 heterocycles. The van der Waals surface area contributed by atoms with E-state index in [1.54, 1.807) is 6.07 Å². The molecule has 1 saturated heterocycles. The van der Waals surface area contributed by atoms with Crippen LogP contribution in [0.15, 0.2) is 60.9 Å². The maximum atomic E-state index is 12.5. The van der Waals surface area contributed by atoms with Crippen LogP contribution in [0.2, 0.25) is 5.02 Å². The summed E-state index contributed by atoms with van der Waals surface area (Å²) < 4.78 is 0. The van der Waals surface area contributed by atoms with Crippen molar-refractivity contribution in [3.8, 4) is 0 Å². The standard InChI is InChI=1S/C22H21ClN6O3/c23-18-7-6-17(12-19(18)29(31)32)22(30)26-20-13-21(25-15-24-20)28-10-8-27(9-11-28)14-16-4-2-1-3-5-16/h1-7,12-13,15H,8-11,14H2,(H,24,25,26,30). The number of amides is 1. The van der Waals surface area contributed by atoms with Gasteiger partial charge in [-0.15, -0.1) is 0 Å². The van der Waals surface area contributed by atoms with Crippen molar-refractivity contribution >= 4 is 34.8 Å². The maximum Gasteiger partial charge on any atom is 0.288 e. The lowest BCUT2D eigenvalue weighted by Gasteiger charge is -2.35. The third kappa shape index (κ3) is 5.19. The minimum atomic E-state index is -0.626. The van der Waals surface area contributed by atoms with Crippen LogP contribution in [0.25, 0.3) is 0 Å². The second-order valence-corrected chi connectivity index (χ2v) is 7.79. The van der Waals surface area contributed by atoms with Crippen molar-refractivity contribution in [1.29, 1.82) is 0 Å². The number of rotatable bonds is 6. The maximum absolute atomic E-state index is 12.5. The molecule has 0 aliphatic carbocycles. The van der Waals surface area contributed by atoms with Crippen molar-refractivity contribution in [1.82, 2.24) is 14.9 Å². The van der Waals surface area contributed by atoms with Gasteiger partial charge in [-0.25, -0.2) is 9.97 Å². The number of nitrogens with zero attached hydrogens (tertiary/aromatic N) is 5. The van der Waals surface area contributed by atoms with Crippen LogP contribution >= 0.6 is 11.6 Å². The number of nitro groups is 1. The SMILES string of the molecule is O=C(Nc1cc(N2CCN(Cc3ccccc3)CC2)ncn1)c1ccc(Cl)c([N+](=O)[O-])c1. The van der Waals surface area contributed by atoms with Gasteiger partial charge in [0.15, 0.2) is 0 Å². The molecule has 4 rings (SSSR count). The van der Waals surface area contributed by atoms with Crippen LogP contribution in [0, 0.1) is 10.1 Å². The van der Waals surface area contributed by atoms with Gasteiger partial charge in [-0.3, -0.25) is 19.8 Å². The van der Waals surface area contributed by atoms with Crippen molar-refractivity contribution in [2.24, 2.45) is 0 Å². The monoisotopic (exact) mass is 452 g/mol. The van der Waals surface area contributed by atoms with E-state index in [9.17, 15) is 14.9 Å². The second kappa shape index (κ2) is 9.71. The fourth-order valence-corrected chi connectivity index (χ4v) is 3.73. The zero-order valence-corrected chi connectivity index (χ0v) is 17.9. The van der Waals surface area contributed by atoms with Gasteiger partial charge in [0.2, 0.25) is 0 Å². The van der Waals surface area contributed by atoms with Crippen LogP contribution < -0.4 is 10.2 Å². The molecule has 1 amide bonds. The van der Waals surface area contributed by atoms with Crippen molar-refractivity contribution < 1.29 is 9.72 Å². The predicted octanol–water partition coefficient (Wildman–Crippen LogP) is 3.61. The van der Waals surface area contributed by atoms with Crippen LogP contribution in [0.1, 0.15) is 15.9 Å². The molecule has 0 atom stereocenters. The highest BCUT2D eigenvalue weighted by molar-refractivity contribution is 6.32. The number of piperazine rings is 1. The number of aromatic nitrogens is 2. The van der Waals surface area contributed by atoms with E-state index in [-0.39, 0.29) is 16.3 Å². The van der Waals surface area contributed by atoms with Crippen LogP contribution in [-0.4, -0.2) is 51.9 Å². The van der Waals surface area contributed by atoms with Crippen LogP contribution in [0.4, 0.5) is 17.3 Å². The molecule has 0 saturated carbocycles. The lowest BCUT2D eigenvalue weighted by molar-refractivity contribution is -0.384. The molecule has 164 valence electrons. The predicted molar refractivity (Wildman–Crippen MR) is 122 cm³/mol. The molecule has 2 aromatic carbocycles. The summed E-state index contributed by atoms with van der Waals surface area (Å²) in [4.78, 5) is 36.0. The highest BCUT2D eigenvalue weighted by atomic mass is 35.5. The highest BCUT2D eigenvalue weighted by Crippen LogP contribution is 2.25. The van der Waals surface area contributed by atoms with Crippen LogP contribution in [0.3, 0.4) is 0 Å².